The Bertz CT molecular complexity index is 401. The maximum Gasteiger partial charge on any atom is -0.0162 e. The van der Waals surface area contributed by atoms with Gasteiger partial charge in [0.25, 0.3) is 0 Å². The van der Waals surface area contributed by atoms with Gasteiger partial charge in [0.05, 0.1) is 0 Å². The first kappa shape index (κ1) is 9.04. The Morgan fingerprint density at radius 1 is 0.938 bits per heavy atom. The van der Waals surface area contributed by atoms with Gasteiger partial charge in [0.1, 0.15) is 0 Å². The summed E-state index contributed by atoms with van der Waals surface area (Å²) in [6, 6.07) is 10.7. The van der Waals surface area contributed by atoms with Crippen LogP contribution in [-0.4, -0.2) is 0 Å². The topological polar surface area (TPSA) is 0 Å². The zero-order chi connectivity index (χ0) is 10.5. The van der Waals surface area contributed by atoms with Gasteiger partial charge in [0, 0.05) is 0 Å². The maximum absolute atomic E-state index is 2.50. The Hall–Kier alpha value is -1.04. The third kappa shape index (κ3) is 1.22. The smallest absolute Gasteiger partial charge is 0.0162 e. The summed E-state index contributed by atoms with van der Waals surface area (Å²) in [6.07, 6.45) is 9.45. The third-order valence-electron chi connectivity index (χ3n) is 5.11. The molecule has 1 aromatic rings. The number of rotatable bonds is 2. The minimum atomic E-state index is 0.937. The third-order valence-corrected chi connectivity index (χ3v) is 5.11. The van der Waals surface area contributed by atoms with Crippen molar-refractivity contribution in [1.29, 1.82) is 0 Å². The van der Waals surface area contributed by atoms with Gasteiger partial charge in [-0.25, -0.2) is 0 Å². The lowest BCUT2D eigenvalue weighted by Gasteiger charge is -2.04. The average molecular weight is 210 g/mol. The molecule has 82 valence electrons. The number of benzene rings is 1. The highest BCUT2D eigenvalue weighted by atomic mass is 14.7. The van der Waals surface area contributed by atoms with E-state index >= 15 is 0 Å². The van der Waals surface area contributed by atoms with E-state index < -0.39 is 0 Å². The van der Waals surface area contributed by atoms with Crippen LogP contribution in [-0.2, 0) is 0 Å². The molecule has 0 nitrogen and oxygen atoms in total. The second-order valence-electron chi connectivity index (χ2n) is 5.84. The quantitative estimate of drug-likeness (QED) is 0.692. The van der Waals surface area contributed by atoms with Crippen LogP contribution in [0, 0.1) is 29.6 Å². The average Bonchev–Trinajstić information content (AvgIpc) is 2.72. The minimum Gasteiger partial charge on any atom is -0.0802 e. The van der Waals surface area contributed by atoms with Gasteiger partial charge in [-0.3, -0.25) is 0 Å². The summed E-state index contributed by atoms with van der Waals surface area (Å²) in [4.78, 5) is 0. The van der Waals surface area contributed by atoms with E-state index in [-0.39, 0.29) is 0 Å². The highest BCUT2D eigenvalue weighted by Crippen LogP contribution is 2.69. The summed E-state index contributed by atoms with van der Waals surface area (Å²) in [6.45, 7) is 0. The Morgan fingerprint density at radius 2 is 1.62 bits per heavy atom. The maximum atomic E-state index is 2.50. The molecule has 0 saturated heterocycles. The van der Waals surface area contributed by atoms with Gasteiger partial charge < -0.3 is 0 Å². The molecule has 1 aromatic carbocycles. The van der Waals surface area contributed by atoms with E-state index in [1.54, 1.807) is 6.42 Å². The van der Waals surface area contributed by atoms with Gasteiger partial charge in [0.2, 0.25) is 0 Å². The first-order chi connectivity index (χ1) is 7.93. The first-order valence-corrected chi connectivity index (χ1v) is 6.67. The predicted molar refractivity (Wildman–Crippen MR) is 66.8 cm³/mol. The molecule has 4 rings (SSSR count). The van der Waals surface area contributed by atoms with Gasteiger partial charge in [-0.2, -0.15) is 0 Å². The number of allylic oxidation sites excluding steroid dienone is 1. The lowest BCUT2D eigenvalue weighted by Crippen LogP contribution is -1.95. The van der Waals surface area contributed by atoms with E-state index in [0.29, 0.717) is 0 Å². The van der Waals surface area contributed by atoms with Crippen LogP contribution in [0.5, 0.6) is 0 Å². The van der Waals surface area contributed by atoms with Gasteiger partial charge in [-0.15, -0.1) is 0 Å². The van der Waals surface area contributed by atoms with Crippen molar-refractivity contribution < 1.29 is 0 Å². The fourth-order valence-electron chi connectivity index (χ4n) is 4.44. The van der Waals surface area contributed by atoms with Crippen molar-refractivity contribution in [2.75, 3.05) is 0 Å². The summed E-state index contributed by atoms with van der Waals surface area (Å²) in [7, 11) is 0. The minimum absolute atomic E-state index is 0.937. The van der Waals surface area contributed by atoms with Gasteiger partial charge >= 0.3 is 0 Å². The first-order valence-electron chi connectivity index (χ1n) is 6.67. The van der Waals surface area contributed by atoms with Gasteiger partial charge in [-0.05, 0) is 54.4 Å². The summed E-state index contributed by atoms with van der Waals surface area (Å²) >= 11 is 0. The van der Waals surface area contributed by atoms with Crippen molar-refractivity contribution in [2.45, 2.75) is 19.3 Å². The van der Waals surface area contributed by atoms with E-state index in [0.717, 1.165) is 29.6 Å². The second-order valence-corrected chi connectivity index (χ2v) is 5.84. The number of fused-ring (bicyclic) bond motifs is 5. The summed E-state index contributed by atoms with van der Waals surface area (Å²) < 4.78 is 0. The Balaban J connectivity index is 1.49. The van der Waals surface area contributed by atoms with Crippen LogP contribution in [0.2, 0.25) is 0 Å². The Labute approximate surface area is 97.4 Å². The highest BCUT2D eigenvalue weighted by Gasteiger charge is 2.63. The molecule has 0 amide bonds. The summed E-state index contributed by atoms with van der Waals surface area (Å²) in [5.41, 5.74) is 1.36. The lowest BCUT2D eigenvalue weighted by molar-refractivity contribution is 0.456. The van der Waals surface area contributed by atoms with Gasteiger partial charge in [-0.1, -0.05) is 42.5 Å². The molecule has 0 N–H and O–H groups in total. The number of hydrogen-bond donors (Lipinski definition) is 0. The Morgan fingerprint density at radius 3 is 2.31 bits per heavy atom. The monoisotopic (exact) mass is 210 g/mol. The lowest BCUT2D eigenvalue weighted by atomic mass is 10.0. The van der Waals surface area contributed by atoms with E-state index in [4.69, 9.17) is 0 Å². The molecule has 0 heterocycles. The molecule has 16 heavy (non-hydrogen) atoms. The molecule has 0 aliphatic heterocycles. The molecule has 1 unspecified atom stereocenters. The van der Waals surface area contributed by atoms with Crippen molar-refractivity contribution in [3.05, 3.63) is 42.0 Å². The zero-order valence-electron chi connectivity index (χ0n) is 9.55. The van der Waals surface area contributed by atoms with E-state index in [9.17, 15) is 0 Å². The van der Waals surface area contributed by atoms with Crippen LogP contribution in [0.4, 0.5) is 0 Å². The fourth-order valence-corrected chi connectivity index (χ4v) is 4.44. The molecule has 0 radical (unpaired) electrons. The standard InChI is InChI=1S/C16H18/c1-2-4-11(5-3-1)6-9-14-15-12-7-8-13(10-12)16(14)15/h1-6,9,12-16H,7-8,10H2/b9-6+/t12-,13+,14?,15-,16+. The van der Waals surface area contributed by atoms with Crippen LogP contribution in [0.3, 0.4) is 0 Å². The van der Waals surface area contributed by atoms with Crippen molar-refractivity contribution in [2.24, 2.45) is 29.6 Å². The molecule has 3 aliphatic carbocycles. The SMILES string of the molecule is C(=C\C1[C@@H]2[C@H]3CC[C@H](C3)[C@H]12)/c1ccccc1. The molecule has 3 saturated carbocycles. The highest BCUT2D eigenvalue weighted by molar-refractivity contribution is 5.50. The molecule has 0 aromatic heterocycles. The van der Waals surface area contributed by atoms with Crippen molar-refractivity contribution in [3.63, 3.8) is 0 Å². The molecule has 2 bridgehead atoms. The molecule has 3 fully saturated rings. The molecule has 5 atom stereocenters. The molecule has 0 heteroatoms. The number of hydrogen-bond acceptors (Lipinski definition) is 0. The van der Waals surface area contributed by atoms with E-state index in [1.165, 1.54) is 18.4 Å². The second kappa shape index (κ2) is 3.23. The zero-order valence-corrected chi connectivity index (χ0v) is 9.55. The predicted octanol–water partition coefficient (Wildman–Crippen LogP) is 3.99. The Kier molecular flexibility index (Phi) is 1.82. The fraction of sp³-hybridized carbons (Fsp3) is 0.500. The van der Waals surface area contributed by atoms with Crippen molar-refractivity contribution in [3.8, 4) is 0 Å². The van der Waals surface area contributed by atoms with Crippen molar-refractivity contribution >= 4 is 6.08 Å². The van der Waals surface area contributed by atoms with E-state index in [2.05, 4.69) is 42.5 Å². The molecule has 0 spiro atoms. The van der Waals surface area contributed by atoms with Gasteiger partial charge in [0.15, 0.2) is 0 Å². The van der Waals surface area contributed by atoms with Crippen molar-refractivity contribution in [1.82, 2.24) is 0 Å². The van der Waals surface area contributed by atoms with Crippen LogP contribution < -0.4 is 0 Å². The largest absolute Gasteiger partial charge is 0.0802 e. The summed E-state index contributed by atoms with van der Waals surface area (Å²) in [5.74, 6) is 5.30. The van der Waals surface area contributed by atoms with Crippen LogP contribution >= 0.6 is 0 Å². The normalized spacial score (nSPS) is 43.9. The van der Waals surface area contributed by atoms with Crippen LogP contribution in [0.1, 0.15) is 24.8 Å². The molecule has 3 aliphatic rings. The molecular formula is C16H18. The van der Waals surface area contributed by atoms with Crippen LogP contribution in [0.25, 0.3) is 6.08 Å². The molecular weight excluding hydrogens is 192 g/mol. The van der Waals surface area contributed by atoms with E-state index in [1.807, 2.05) is 0 Å². The summed E-state index contributed by atoms with van der Waals surface area (Å²) in [5, 5.41) is 0. The van der Waals surface area contributed by atoms with Crippen LogP contribution in [0.15, 0.2) is 36.4 Å².